The maximum absolute atomic E-state index is 13.3. The topological polar surface area (TPSA) is 131 Å². The minimum absolute atomic E-state index is 0.0175. The first-order chi connectivity index (χ1) is 31.0. The van der Waals surface area contributed by atoms with Crippen LogP contribution in [0.2, 0.25) is 0 Å². The van der Waals surface area contributed by atoms with Gasteiger partial charge in [0, 0.05) is 5.92 Å². The van der Waals surface area contributed by atoms with Gasteiger partial charge in [-0.3, -0.25) is 0 Å². The van der Waals surface area contributed by atoms with E-state index in [4.69, 9.17) is 33.2 Å². The molecule has 0 spiro atoms. The number of nitrogens with one attached hydrogen (secondary N) is 1. The van der Waals surface area contributed by atoms with Crippen molar-refractivity contribution in [3.63, 3.8) is 0 Å². The molecule has 324 valence electrons. The third-order valence-corrected chi connectivity index (χ3v) is 11.2. The van der Waals surface area contributed by atoms with Crippen molar-refractivity contribution in [2.45, 2.75) is 69.1 Å². The molecule has 0 unspecified atom stereocenters. The van der Waals surface area contributed by atoms with Crippen LogP contribution in [0.4, 0.5) is 4.79 Å². The van der Waals surface area contributed by atoms with E-state index in [-0.39, 0.29) is 39.0 Å². The second-order valence-corrected chi connectivity index (χ2v) is 15.5. The van der Waals surface area contributed by atoms with Gasteiger partial charge in [-0.05, 0) is 44.5 Å². The highest BCUT2D eigenvalue weighted by Crippen LogP contribution is 2.44. The molecule has 63 heavy (non-hydrogen) atoms. The van der Waals surface area contributed by atoms with E-state index in [0.29, 0.717) is 6.61 Å². The molecule has 8 rings (SSSR count). The Morgan fingerprint density at radius 2 is 0.968 bits per heavy atom. The summed E-state index contributed by atoms with van der Waals surface area (Å²) in [6, 6.07) is 53.5. The zero-order chi connectivity index (χ0) is 43.2. The van der Waals surface area contributed by atoms with Crippen molar-refractivity contribution in [1.82, 2.24) is 5.32 Å². The minimum atomic E-state index is -1.50. The van der Waals surface area contributed by atoms with Gasteiger partial charge in [0.1, 0.15) is 31.0 Å². The summed E-state index contributed by atoms with van der Waals surface area (Å²) in [5.41, 5.74) is 8.00. The average molecular weight is 850 g/mol. The fourth-order valence-corrected chi connectivity index (χ4v) is 8.03. The van der Waals surface area contributed by atoms with E-state index >= 15 is 0 Å². The van der Waals surface area contributed by atoms with Crippen LogP contribution >= 0.6 is 0 Å². The number of ether oxygens (including phenoxy) is 7. The Kier molecular flexibility index (Phi) is 15.0. The smallest absolute Gasteiger partial charge is 0.407 e. The van der Waals surface area contributed by atoms with Crippen LogP contribution in [0, 0.1) is 0 Å². The third kappa shape index (κ3) is 11.5. The summed E-state index contributed by atoms with van der Waals surface area (Å²) in [6.07, 6.45) is -5.26. The largest absolute Gasteiger partial charge is 0.480 e. The highest BCUT2D eigenvalue weighted by Gasteiger charge is 2.49. The molecule has 1 fully saturated rings. The number of benzene rings is 6. The van der Waals surface area contributed by atoms with E-state index in [1.807, 2.05) is 170 Å². The molecule has 6 aromatic rings. The Morgan fingerprint density at radius 1 is 0.524 bits per heavy atom. The highest BCUT2D eigenvalue weighted by molar-refractivity contribution is 5.81. The van der Waals surface area contributed by atoms with E-state index in [0.717, 1.165) is 44.5 Å². The number of hydrogen-bond donors (Lipinski definition) is 2. The van der Waals surface area contributed by atoms with Crippen LogP contribution in [0.1, 0.15) is 39.3 Å². The van der Waals surface area contributed by atoms with Crippen LogP contribution < -0.4 is 5.32 Å². The van der Waals surface area contributed by atoms with E-state index in [2.05, 4.69) is 5.32 Å². The van der Waals surface area contributed by atoms with Gasteiger partial charge >= 0.3 is 12.1 Å². The van der Waals surface area contributed by atoms with Gasteiger partial charge in [0.2, 0.25) is 0 Å². The van der Waals surface area contributed by atoms with E-state index in [9.17, 15) is 14.7 Å². The molecule has 1 aliphatic carbocycles. The zero-order valence-corrected chi connectivity index (χ0v) is 34.8. The van der Waals surface area contributed by atoms with E-state index in [1.54, 1.807) is 0 Å². The third-order valence-electron chi connectivity index (χ3n) is 11.2. The number of hydrogen-bond acceptors (Lipinski definition) is 9. The quantitative estimate of drug-likeness (QED) is 0.0770. The lowest BCUT2D eigenvalue weighted by Crippen LogP contribution is -2.62. The number of alkyl carbamates (subject to hydrolysis) is 1. The van der Waals surface area contributed by atoms with Gasteiger partial charge in [-0.1, -0.05) is 170 Å². The Morgan fingerprint density at radius 3 is 1.48 bits per heavy atom. The van der Waals surface area contributed by atoms with Gasteiger partial charge in [0.25, 0.3) is 0 Å². The lowest BCUT2D eigenvalue weighted by molar-refractivity contribution is -0.328. The van der Waals surface area contributed by atoms with Crippen LogP contribution in [-0.4, -0.2) is 73.7 Å². The van der Waals surface area contributed by atoms with Gasteiger partial charge < -0.3 is 43.6 Å². The monoisotopic (exact) mass is 849 g/mol. The van der Waals surface area contributed by atoms with Crippen LogP contribution in [-0.2, 0) is 64.4 Å². The second-order valence-electron chi connectivity index (χ2n) is 15.5. The fourth-order valence-electron chi connectivity index (χ4n) is 8.03. The number of carboxylic acids is 1. The van der Waals surface area contributed by atoms with Crippen molar-refractivity contribution >= 4 is 12.1 Å². The van der Waals surface area contributed by atoms with Gasteiger partial charge in [0.15, 0.2) is 12.3 Å². The molecule has 0 bridgehead atoms. The summed E-state index contributed by atoms with van der Waals surface area (Å²) in [5, 5.41) is 12.9. The first kappa shape index (κ1) is 43.5. The number of rotatable bonds is 20. The summed E-state index contributed by atoms with van der Waals surface area (Å²) < 4.78 is 45.2. The number of carboxylic acid groups (broad SMARTS) is 1. The molecule has 1 amide bonds. The van der Waals surface area contributed by atoms with Crippen LogP contribution in [0.3, 0.4) is 0 Å². The molecule has 0 radical (unpaired) electrons. The van der Waals surface area contributed by atoms with Crippen molar-refractivity contribution < 1.29 is 47.9 Å². The van der Waals surface area contributed by atoms with Gasteiger partial charge in [0.05, 0.1) is 39.6 Å². The molecular weight excluding hydrogens is 799 g/mol. The Bertz CT molecular complexity index is 2300. The van der Waals surface area contributed by atoms with Crippen molar-refractivity contribution in [1.29, 1.82) is 0 Å². The fraction of sp³-hybridized carbons (Fsp3) is 0.269. The maximum Gasteiger partial charge on any atom is 0.407 e. The normalized spacial score (nSPS) is 19.7. The lowest BCUT2D eigenvalue weighted by atomic mass is 9.97. The molecule has 6 aromatic carbocycles. The van der Waals surface area contributed by atoms with Crippen molar-refractivity contribution in [3.8, 4) is 11.1 Å². The predicted molar refractivity (Wildman–Crippen MR) is 235 cm³/mol. The molecule has 1 aliphatic heterocycles. The van der Waals surface area contributed by atoms with Crippen molar-refractivity contribution in [2.24, 2.45) is 0 Å². The standard InChI is InChI=1S/C52H51NO10/c54-50(55)45(53-52(56)62-33-44-42-27-15-13-25-40(42)41-26-14-16-28-43(41)44)34-61-51-49(60-32-39-23-11-4-12-24-39)48(59-31-38-21-9-3-10-22-38)47(58-30-37-19-7-2-8-20-37)46(63-51)35-57-29-36-17-5-1-6-18-36/h1-28,44-49,51H,29-35H2,(H,53,56)(H,54,55)/t45-,46+,47+,48-,49-,51-/m0/s1. The molecule has 0 saturated carbocycles. The molecule has 2 aliphatic rings. The summed E-state index contributed by atoms with van der Waals surface area (Å²) in [4.78, 5) is 26.1. The van der Waals surface area contributed by atoms with E-state index < -0.39 is 55.4 Å². The van der Waals surface area contributed by atoms with Crippen LogP contribution in [0.15, 0.2) is 170 Å². The number of aliphatic carboxylic acids is 1. The van der Waals surface area contributed by atoms with Gasteiger partial charge in [-0.25, -0.2) is 9.59 Å². The Labute approximate surface area is 367 Å². The van der Waals surface area contributed by atoms with Crippen molar-refractivity contribution in [2.75, 3.05) is 19.8 Å². The average Bonchev–Trinajstić information content (AvgIpc) is 3.65. The Balaban J connectivity index is 1.03. The lowest BCUT2D eigenvalue weighted by Gasteiger charge is -2.46. The maximum atomic E-state index is 13.3. The second kappa shape index (κ2) is 21.8. The first-order valence-corrected chi connectivity index (χ1v) is 21.2. The summed E-state index contributed by atoms with van der Waals surface area (Å²) in [6.45, 7) is 0.570. The Hall–Kier alpha value is -6.18. The predicted octanol–water partition coefficient (Wildman–Crippen LogP) is 8.69. The molecule has 1 heterocycles. The van der Waals surface area contributed by atoms with Crippen LogP contribution in [0.25, 0.3) is 11.1 Å². The molecule has 2 N–H and O–H groups in total. The molecule has 0 aromatic heterocycles. The molecular formula is C52H51NO10. The number of amides is 1. The molecule has 11 heteroatoms. The zero-order valence-electron chi connectivity index (χ0n) is 34.8. The van der Waals surface area contributed by atoms with Crippen LogP contribution in [0.5, 0.6) is 0 Å². The highest BCUT2D eigenvalue weighted by atomic mass is 16.7. The van der Waals surface area contributed by atoms with E-state index in [1.165, 1.54) is 0 Å². The molecule has 1 saturated heterocycles. The summed E-state index contributed by atoms with van der Waals surface area (Å²) in [5.74, 6) is -1.52. The SMILES string of the molecule is O=C(N[C@@H](CO[C@H]1O[C@H](COCc2ccccc2)[C@@H](OCc2ccccc2)[C@H](OCc2ccccc2)[C@@H]1OCc1ccccc1)C(=O)O)OCC1c2ccccc2-c2ccccc21. The summed E-state index contributed by atoms with van der Waals surface area (Å²) in [7, 11) is 0. The molecule has 11 nitrogen and oxygen atoms in total. The number of carbonyl (C=O) groups excluding carboxylic acids is 1. The minimum Gasteiger partial charge on any atom is -0.480 e. The number of carbonyl (C=O) groups is 2. The van der Waals surface area contributed by atoms with Gasteiger partial charge in [-0.2, -0.15) is 0 Å². The van der Waals surface area contributed by atoms with Gasteiger partial charge in [-0.15, -0.1) is 0 Å². The number of fused-ring (bicyclic) bond motifs is 3. The van der Waals surface area contributed by atoms with Crippen molar-refractivity contribution in [3.05, 3.63) is 203 Å². The first-order valence-electron chi connectivity index (χ1n) is 21.2. The summed E-state index contributed by atoms with van der Waals surface area (Å²) >= 11 is 0. The molecule has 6 atom stereocenters.